The third-order valence-corrected chi connectivity index (χ3v) is 4.87. The van der Waals surface area contributed by atoms with E-state index in [9.17, 15) is 4.79 Å². The predicted molar refractivity (Wildman–Crippen MR) is 101 cm³/mol. The lowest BCUT2D eigenvalue weighted by Gasteiger charge is -2.25. The number of benzene rings is 1. The summed E-state index contributed by atoms with van der Waals surface area (Å²) in [4.78, 5) is 18.5. The molecule has 6 nitrogen and oxygen atoms in total. The zero-order chi connectivity index (χ0) is 18.7. The fourth-order valence-corrected chi connectivity index (χ4v) is 3.59. The van der Waals surface area contributed by atoms with Gasteiger partial charge in [-0.25, -0.2) is 4.98 Å². The van der Waals surface area contributed by atoms with Crippen molar-refractivity contribution in [3.05, 3.63) is 48.0 Å². The molecule has 1 aromatic carbocycles. The fraction of sp³-hybridized carbons (Fsp3) is 0.500. The third-order valence-electron chi connectivity index (χ3n) is 4.87. The van der Waals surface area contributed by atoms with E-state index in [1.807, 2.05) is 61.8 Å². The monoisotopic (exact) mass is 356 g/mol. The Balaban J connectivity index is 1.66. The fourth-order valence-electron chi connectivity index (χ4n) is 3.59. The molecule has 3 rings (SSSR count). The molecule has 0 bridgehead atoms. The first-order chi connectivity index (χ1) is 12.5. The predicted octanol–water partition coefficient (Wildman–Crippen LogP) is 2.52. The highest BCUT2D eigenvalue weighted by Crippen LogP contribution is 2.35. The van der Waals surface area contributed by atoms with Crippen molar-refractivity contribution in [2.75, 3.05) is 13.6 Å². The highest BCUT2D eigenvalue weighted by Gasteiger charge is 2.40. The Bertz CT molecular complexity index is 756. The number of carbonyl (C=O) groups excluding carboxylic acids is 1. The first-order valence-electron chi connectivity index (χ1n) is 9.15. The van der Waals surface area contributed by atoms with Crippen LogP contribution in [0.25, 0.3) is 0 Å². The summed E-state index contributed by atoms with van der Waals surface area (Å²) < 4.78 is 7.88. The van der Waals surface area contributed by atoms with Crippen LogP contribution in [-0.4, -0.2) is 40.1 Å². The maximum absolute atomic E-state index is 12.3. The zero-order valence-corrected chi connectivity index (χ0v) is 16.0. The van der Waals surface area contributed by atoms with Crippen LogP contribution >= 0.6 is 0 Å². The van der Waals surface area contributed by atoms with Crippen LogP contribution in [-0.2, 0) is 18.4 Å². The van der Waals surface area contributed by atoms with Gasteiger partial charge in [-0.3, -0.25) is 4.79 Å². The molecule has 1 saturated heterocycles. The number of hydrogen-bond acceptors (Lipinski definition) is 4. The number of carbonyl (C=O) groups is 1. The van der Waals surface area contributed by atoms with Gasteiger partial charge in [-0.05, 0) is 19.9 Å². The molecule has 1 aliphatic heterocycles. The largest absolute Gasteiger partial charge is 0.491 e. The van der Waals surface area contributed by atoms with E-state index < -0.39 is 0 Å². The Labute approximate surface area is 155 Å². The number of likely N-dealkylation sites (tertiary alicyclic amines) is 1. The average molecular weight is 356 g/mol. The van der Waals surface area contributed by atoms with Crippen LogP contribution in [0.1, 0.15) is 37.7 Å². The van der Waals surface area contributed by atoms with Gasteiger partial charge in [-0.2, -0.15) is 0 Å². The molecular formula is C20H28N4O2. The van der Waals surface area contributed by atoms with Crippen LogP contribution in [0.3, 0.4) is 0 Å². The molecule has 1 amide bonds. The number of aryl methyl sites for hydroxylation is 1. The van der Waals surface area contributed by atoms with Crippen LogP contribution in [0.15, 0.2) is 36.7 Å². The van der Waals surface area contributed by atoms with E-state index in [-0.39, 0.29) is 24.0 Å². The van der Waals surface area contributed by atoms with Crippen molar-refractivity contribution in [3.8, 4) is 5.75 Å². The first-order valence-corrected chi connectivity index (χ1v) is 9.15. The van der Waals surface area contributed by atoms with E-state index in [0.29, 0.717) is 13.0 Å². The summed E-state index contributed by atoms with van der Waals surface area (Å²) >= 11 is 0. The van der Waals surface area contributed by atoms with Gasteiger partial charge in [0.1, 0.15) is 11.6 Å². The van der Waals surface area contributed by atoms with E-state index in [4.69, 9.17) is 4.74 Å². The first kappa shape index (κ1) is 18.5. The van der Waals surface area contributed by atoms with Gasteiger partial charge in [0.05, 0.1) is 12.1 Å². The van der Waals surface area contributed by atoms with Gasteiger partial charge in [0, 0.05) is 57.5 Å². The molecule has 6 heteroatoms. The molecular weight excluding hydrogens is 328 g/mol. The highest BCUT2D eigenvalue weighted by atomic mass is 16.5. The van der Waals surface area contributed by atoms with Crippen LogP contribution in [0.2, 0.25) is 0 Å². The molecule has 140 valence electrons. The SMILES string of the molecule is CC(C)Oc1ccccc1CNC[C@@H]1CC(=O)N(C)[C@H]1c1nccn1C. The molecule has 0 unspecified atom stereocenters. The molecule has 2 aromatic rings. The molecule has 1 fully saturated rings. The summed E-state index contributed by atoms with van der Waals surface area (Å²) in [6, 6.07) is 8.10. The Morgan fingerprint density at radius 1 is 1.31 bits per heavy atom. The second-order valence-electron chi connectivity index (χ2n) is 7.22. The summed E-state index contributed by atoms with van der Waals surface area (Å²) in [5.41, 5.74) is 1.13. The number of para-hydroxylation sites is 1. The molecule has 26 heavy (non-hydrogen) atoms. The molecule has 1 aliphatic rings. The minimum atomic E-state index is 0.0113. The maximum atomic E-state index is 12.3. The van der Waals surface area contributed by atoms with Crippen molar-refractivity contribution in [3.63, 3.8) is 0 Å². The lowest BCUT2D eigenvalue weighted by molar-refractivity contribution is -0.127. The van der Waals surface area contributed by atoms with Crippen molar-refractivity contribution >= 4 is 5.91 Å². The van der Waals surface area contributed by atoms with Gasteiger partial charge in [0.25, 0.3) is 0 Å². The van der Waals surface area contributed by atoms with Crippen molar-refractivity contribution in [1.29, 1.82) is 0 Å². The van der Waals surface area contributed by atoms with Crippen LogP contribution in [0.4, 0.5) is 0 Å². The smallest absolute Gasteiger partial charge is 0.223 e. The number of ether oxygens (including phenoxy) is 1. The summed E-state index contributed by atoms with van der Waals surface area (Å²) in [6.45, 7) is 5.53. The quantitative estimate of drug-likeness (QED) is 0.828. The highest BCUT2D eigenvalue weighted by molar-refractivity contribution is 5.79. The summed E-state index contributed by atoms with van der Waals surface area (Å²) in [5, 5.41) is 3.51. The van der Waals surface area contributed by atoms with Gasteiger partial charge >= 0.3 is 0 Å². The van der Waals surface area contributed by atoms with Crippen molar-refractivity contribution < 1.29 is 9.53 Å². The Hall–Kier alpha value is -2.34. The molecule has 0 radical (unpaired) electrons. The average Bonchev–Trinajstić information content (AvgIpc) is 3.12. The second-order valence-corrected chi connectivity index (χ2v) is 7.22. The molecule has 0 saturated carbocycles. The van der Waals surface area contributed by atoms with Crippen molar-refractivity contribution in [1.82, 2.24) is 19.8 Å². The topological polar surface area (TPSA) is 59.4 Å². The Kier molecular flexibility index (Phi) is 5.61. The van der Waals surface area contributed by atoms with Gasteiger partial charge in [0.15, 0.2) is 0 Å². The number of imidazole rings is 1. The van der Waals surface area contributed by atoms with Gasteiger partial charge in [-0.1, -0.05) is 18.2 Å². The Morgan fingerprint density at radius 3 is 2.77 bits per heavy atom. The number of rotatable bonds is 7. The number of amides is 1. The van der Waals surface area contributed by atoms with Crippen molar-refractivity contribution in [2.45, 2.75) is 39.0 Å². The van der Waals surface area contributed by atoms with Crippen LogP contribution < -0.4 is 10.1 Å². The van der Waals surface area contributed by atoms with E-state index in [1.54, 1.807) is 6.20 Å². The van der Waals surface area contributed by atoms with E-state index in [0.717, 1.165) is 23.7 Å². The summed E-state index contributed by atoms with van der Waals surface area (Å²) in [5.74, 6) is 2.23. The zero-order valence-electron chi connectivity index (χ0n) is 16.0. The number of aromatic nitrogens is 2. The minimum Gasteiger partial charge on any atom is -0.491 e. The van der Waals surface area contributed by atoms with Gasteiger partial charge < -0.3 is 19.5 Å². The Morgan fingerprint density at radius 2 is 2.08 bits per heavy atom. The third kappa shape index (κ3) is 3.90. The van der Waals surface area contributed by atoms with Crippen LogP contribution in [0.5, 0.6) is 5.75 Å². The van der Waals surface area contributed by atoms with Crippen LogP contribution in [0, 0.1) is 5.92 Å². The van der Waals surface area contributed by atoms with E-state index in [2.05, 4.69) is 16.4 Å². The molecule has 2 atom stereocenters. The normalized spacial score (nSPS) is 20.2. The number of hydrogen-bond donors (Lipinski definition) is 1. The molecule has 0 aliphatic carbocycles. The minimum absolute atomic E-state index is 0.0113. The summed E-state index contributed by atoms with van der Waals surface area (Å²) in [6.07, 6.45) is 4.40. The lowest BCUT2D eigenvalue weighted by atomic mass is 9.99. The van der Waals surface area contributed by atoms with E-state index >= 15 is 0 Å². The molecule has 0 spiro atoms. The second kappa shape index (κ2) is 7.91. The lowest BCUT2D eigenvalue weighted by Crippen LogP contribution is -2.30. The number of nitrogens with one attached hydrogen (secondary N) is 1. The van der Waals surface area contributed by atoms with Gasteiger partial charge in [-0.15, -0.1) is 0 Å². The maximum Gasteiger partial charge on any atom is 0.223 e. The van der Waals surface area contributed by atoms with Gasteiger partial charge in [0.2, 0.25) is 5.91 Å². The summed E-state index contributed by atoms with van der Waals surface area (Å²) in [7, 11) is 3.84. The van der Waals surface area contributed by atoms with Crippen molar-refractivity contribution in [2.24, 2.45) is 13.0 Å². The number of nitrogens with zero attached hydrogens (tertiary/aromatic N) is 3. The molecule has 1 N–H and O–H groups in total. The standard InChI is InChI=1S/C20H28N4O2/c1-14(2)26-17-8-6-5-7-15(17)12-21-13-16-11-18(25)24(4)19(16)20-22-9-10-23(20)3/h5-10,14,16,19,21H,11-13H2,1-4H3/t16-,19+/m0/s1. The molecule has 1 aromatic heterocycles. The molecule has 2 heterocycles. The van der Waals surface area contributed by atoms with E-state index in [1.165, 1.54) is 0 Å².